The number of nitrogens with one attached hydrogen (secondary N) is 1. The Morgan fingerprint density at radius 1 is 1.09 bits per heavy atom. The monoisotopic (exact) mass is 446 g/mol. The molecule has 2 aromatic rings. The number of rotatable bonds is 4. The maximum absolute atomic E-state index is 12.4. The van der Waals surface area contributed by atoms with Gasteiger partial charge in [0.15, 0.2) is 0 Å². The topological polar surface area (TPSA) is 95.9 Å². The van der Waals surface area contributed by atoms with Crippen LogP contribution in [-0.4, -0.2) is 53.2 Å². The summed E-state index contributed by atoms with van der Waals surface area (Å²) in [6, 6.07) is 16.2. The van der Waals surface area contributed by atoms with E-state index in [1.165, 1.54) is 4.90 Å². The van der Waals surface area contributed by atoms with Crippen molar-refractivity contribution in [1.82, 2.24) is 10.2 Å². The molecule has 0 spiro atoms. The van der Waals surface area contributed by atoms with Crippen molar-refractivity contribution in [2.75, 3.05) is 19.7 Å². The molecule has 1 unspecified atom stereocenters. The van der Waals surface area contributed by atoms with Crippen molar-refractivity contribution in [3.8, 4) is 23.0 Å². The van der Waals surface area contributed by atoms with Crippen molar-refractivity contribution >= 4 is 18.0 Å². The second kappa shape index (κ2) is 9.37. The lowest BCUT2D eigenvalue weighted by Gasteiger charge is -2.40. The van der Waals surface area contributed by atoms with Crippen LogP contribution in [0.4, 0.5) is 4.79 Å². The lowest BCUT2D eigenvalue weighted by atomic mass is 9.88. The summed E-state index contributed by atoms with van der Waals surface area (Å²) < 4.78 is 5.44. The second-order valence-electron chi connectivity index (χ2n) is 8.47. The fourth-order valence-corrected chi connectivity index (χ4v) is 4.62. The number of benzene rings is 2. The maximum Gasteiger partial charge on any atom is 0.407 e. The molecule has 2 aliphatic rings. The van der Waals surface area contributed by atoms with Gasteiger partial charge in [0.1, 0.15) is 12.1 Å². The Morgan fingerprint density at radius 2 is 1.73 bits per heavy atom. The fourth-order valence-electron chi connectivity index (χ4n) is 4.62. The summed E-state index contributed by atoms with van der Waals surface area (Å²) in [6.07, 6.45) is 1.28. The van der Waals surface area contributed by atoms with E-state index in [4.69, 9.17) is 4.74 Å². The van der Waals surface area contributed by atoms with Gasteiger partial charge < -0.3 is 20.1 Å². The van der Waals surface area contributed by atoms with Gasteiger partial charge in [0.05, 0.1) is 6.54 Å². The van der Waals surface area contributed by atoms with Gasteiger partial charge in [-0.05, 0) is 54.4 Å². The van der Waals surface area contributed by atoms with E-state index in [1.807, 2.05) is 36.4 Å². The molecular weight excluding hydrogens is 420 g/mol. The Morgan fingerprint density at radius 3 is 2.36 bits per heavy atom. The number of fused-ring (bicyclic) bond motifs is 3. The minimum atomic E-state index is -1.25. The third-order valence-electron chi connectivity index (χ3n) is 6.46. The van der Waals surface area contributed by atoms with E-state index in [2.05, 4.69) is 29.3 Å². The van der Waals surface area contributed by atoms with Crippen molar-refractivity contribution in [3.63, 3.8) is 0 Å². The lowest BCUT2D eigenvalue weighted by molar-refractivity contribution is -0.158. The van der Waals surface area contributed by atoms with Crippen LogP contribution in [0.15, 0.2) is 48.5 Å². The van der Waals surface area contributed by atoms with Gasteiger partial charge in [-0.2, -0.15) is 0 Å². The van der Waals surface area contributed by atoms with E-state index in [0.29, 0.717) is 13.0 Å². The highest BCUT2D eigenvalue weighted by Crippen LogP contribution is 2.44. The Bertz CT molecular complexity index is 1100. The zero-order valence-corrected chi connectivity index (χ0v) is 18.5. The van der Waals surface area contributed by atoms with Gasteiger partial charge in [-0.15, -0.1) is 0 Å². The molecule has 1 aliphatic carbocycles. The number of hydrogen-bond donors (Lipinski definition) is 2. The molecule has 1 fully saturated rings. The summed E-state index contributed by atoms with van der Waals surface area (Å²) in [4.78, 5) is 37.6. The predicted molar refractivity (Wildman–Crippen MR) is 122 cm³/mol. The number of ether oxygens (including phenoxy) is 1. The Kier molecular flexibility index (Phi) is 6.36. The van der Waals surface area contributed by atoms with E-state index in [-0.39, 0.29) is 19.1 Å². The van der Waals surface area contributed by atoms with Crippen molar-refractivity contribution in [1.29, 1.82) is 0 Å². The van der Waals surface area contributed by atoms with Gasteiger partial charge in [0.2, 0.25) is 0 Å². The molecule has 170 valence electrons. The third kappa shape index (κ3) is 4.42. The first-order valence-corrected chi connectivity index (χ1v) is 11.0. The number of piperidine rings is 1. The van der Waals surface area contributed by atoms with Crippen LogP contribution in [0.2, 0.25) is 0 Å². The van der Waals surface area contributed by atoms with Crippen LogP contribution in [0.3, 0.4) is 0 Å². The molecule has 0 radical (unpaired) electrons. The first kappa shape index (κ1) is 22.4. The smallest absolute Gasteiger partial charge is 0.407 e. The minimum Gasteiger partial charge on any atom is -0.480 e. The van der Waals surface area contributed by atoms with Crippen LogP contribution in [0, 0.1) is 11.8 Å². The number of hydrogen-bond acceptors (Lipinski definition) is 4. The zero-order valence-electron chi connectivity index (χ0n) is 18.5. The summed E-state index contributed by atoms with van der Waals surface area (Å²) in [7, 11) is 0. The Balaban J connectivity index is 1.31. The van der Waals surface area contributed by atoms with Crippen LogP contribution in [0.25, 0.3) is 11.1 Å². The Hall–Kier alpha value is -3.79. The van der Waals surface area contributed by atoms with E-state index < -0.39 is 23.5 Å². The van der Waals surface area contributed by atoms with Crippen molar-refractivity contribution in [3.05, 3.63) is 59.7 Å². The van der Waals surface area contributed by atoms with E-state index in [0.717, 1.165) is 35.1 Å². The summed E-state index contributed by atoms with van der Waals surface area (Å²) in [5, 5.41) is 12.1. The van der Waals surface area contributed by atoms with Crippen molar-refractivity contribution in [2.24, 2.45) is 0 Å². The van der Waals surface area contributed by atoms with E-state index in [1.54, 1.807) is 6.92 Å². The van der Waals surface area contributed by atoms with Crippen LogP contribution in [0.1, 0.15) is 43.2 Å². The van der Waals surface area contributed by atoms with Crippen molar-refractivity contribution in [2.45, 2.75) is 37.6 Å². The van der Waals surface area contributed by atoms with Gasteiger partial charge in [0.25, 0.3) is 5.91 Å². The molecule has 0 bridgehead atoms. The highest BCUT2D eigenvalue weighted by Gasteiger charge is 2.43. The molecule has 4 rings (SSSR count). The van der Waals surface area contributed by atoms with E-state index in [9.17, 15) is 19.5 Å². The third-order valence-corrected chi connectivity index (χ3v) is 6.46. The molecule has 2 aromatic carbocycles. The van der Waals surface area contributed by atoms with Gasteiger partial charge in [-0.25, -0.2) is 9.59 Å². The average molecular weight is 447 g/mol. The highest BCUT2D eigenvalue weighted by atomic mass is 16.5. The number of alkyl carbamates (subject to hydrolysis) is 1. The molecule has 0 aromatic heterocycles. The second-order valence-corrected chi connectivity index (χ2v) is 8.47. The molecule has 7 heteroatoms. The summed E-state index contributed by atoms with van der Waals surface area (Å²) in [5.74, 6) is 3.43. The Labute approximate surface area is 192 Å². The highest BCUT2D eigenvalue weighted by molar-refractivity contribution is 5.97. The summed E-state index contributed by atoms with van der Waals surface area (Å²) in [6.45, 7) is 2.02. The molecule has 33 heavy (non-hydrogen) atoms. The molecule has 2 N–H and O–H groups in total. The molecule has 0 saturated carbocycles. The number of likely N-dealkylation sites (tertiary alicyclic amines) is 1. The number of aliphatic carboxylic acids is 1. The number of carbonyl (C=O) groups excluding carboxylic acids is 2. The number of carboxylic acid groups (broad SMARTS) is 1. The normalized spacial score (nSPS) is 19.0. The zero-order chi connectivity index (χ0) is 23.4. The molecule has 7 nitrogen and oxygen atoms in total. The van der Waals surface area contributed by atoms with Gasteiger partial charge >= 0.3 is 12.1 Å². The quantitative estimate of drug-likeness (QED) is 0.702. The molecule has 1 aliphatic heterocycles. The SMILES string of the molecule is CC1(C(=O)O)CCCCN1C(=O)C#CCNC(=O)OCC1c2ccccc2-c2ccccc21. The molecular formula is C26H26N2O5. The maximum atomic E-state index is 12.4. The van der Waals surface area contributed by atoms with E-state index >= 15 is 0 Å². The predicted octanol–water partition coefficient (Wildman–Crippen LogP) is 3.38. The molecule has 1 saturated heterocycles. The molecule has 1 heterocycles. The van der Waals surface area contributed by atoms with Crippen LogP contribution in [0.5, 0.6) is 0 Å². The van der Waals surface area contributed by atoms with Gasteiger partial charge in [0, 0.05) is 12.5 Å². The number of carbonyl (C=O) groups is 3. The molecule has 1 atom stereocenters. The fraction of sp³-hybridized carbons (Fsp3) is 0.346. The van der Waals surface area contributed by atoms with Gasteiger partial charge in [-0.1, -0.05) is 54.5 Å². The van der Waals surface area contributed by atoms with Crippen molar-refractivity contribution < 1.29 is 24.2 Å². The van der Waals surface area contributed by atoms with Crippen LogP contribution in [-0.2, 0) is 14.3 Å². The average Bonchev–Trinajstić information content (AvgIpc) is 3.14. The first-order chi connectivity index (χ1) is 15.9. The standard InChI is InChI=1S/C26H26N2O5/c1-26(24(30)31)14-6-7-16-28(26)23(29)13-8-15-27-25(32)33-17-22-20-11-4-2-9-18(20)19-10-3-5-12-21(19)22/h2-5,9-12,22H,6-7,14-17H2,1H3,(H,27,32)(H,30,31). The van der Waals surface area contributed by atoms with Crippen LogP contribution < -0.4 is 5.32 Å². The summed E-state index contributed by atoms with van der Waals surface area (Å²) in [5.41, 5.74) is 3.31. The minimum absolute atomic E-state index is 0.0383. The lowest BCUT2D eigenvalue weighted by Crippen LogP contribution is -2.57. The number of nitrogens with zero attached hydrogens (tertiary/aromatic N) is 1. The summed E-state index contributed by atoms with van der Waals surface area (Å²) >= 11 is 0. The largest absolute Gasteiger partial charge is 0.480 e. The first-order valence-electron chi connectivity index (χ1n) is 11.0. The number of amides is 2. The van der Waals surface area contributed by atoms with Crippen LogP contribution >= 0.6 is 0 Å². The molecule has 2 amide bonds. The number of carboxylic acids is 1. The van der Waals surface area contributed by atoms with Gasteiger partial charge in [-0.3, -0.25) is 4.79 Å².